The quantitative estimate of drug-likeness (QED) is 0.491. The van der Waals surface area contributed by atoms with E-state index in [2.05, 4.69) is 0 Å². The van der Waals surface area contributed by atoms with E-state index >= 15 is 0 Å². The topological polar surface area (TPSA) is 137 Å². The molecule has 134 valence electrons. The first-order valence-corrected chi connectivity index (χ1v) is 7.60. The fourth-order valence-electron chi connectivity index (χ4n) is 2.59. The van der Waals surface area contributed by atoms with Crippen LogP contribution in [-0.4, -0.2) is 23.7 Å². The summed E-state index contributed by atoms with van der Waals surface area (Å²) in [7, 11) is 0. The van der Waals surface area contributed by atoms with Crippen LogP contribution in [0.25, 0.3) is 0 Å². The molecule has 0 amide bonds. The summed E-state index contributed by atoms with van der Waals surface area (Å²) in [6.45, 7) is 0. The first kappa shape index (κ1) is 18.9. The van der Waals surface area contributed by atoms with Gasteiger partial charge in [-0.3, -0.25) is 4.79 Å². The van der Waals surface area contributed by atoms with Crippen LogP contribution in [0.4, 0.5) is 0 Å². The fourth-order valence-corrected chi connectivity index (χ4v) is 2.59. The summed E-state index contributed by atoms with van der Waals surface area (Å²) >= 11 is 0. The number of rotatable bonds is 8. The number of hydrogen-bond acceptors (Lipinski definition) is 7. The van der Waals surface area contributed by atoms with Gasteiger partial charge in [-0.15, -0.1) is 0 Å². The van der Waals surface area contributed by atoms with Gasteiger partial charge in [0.1, 0.15) is 0 Å². The Kier molecular flexibility index (Phi) is 5.85. The maximum Gasteiger partial charge on any atom is 0.193 e. The molecule has 0 aromatic heterocycles. The Balaban J connectivity index is 2.41. The van der Waals surface area contributed by atoms with E-state index in [1.165, 1.54) is 42.5 Å². The molecule has 0 aliphatic carbocycles. The monoisotopic (exact) mass is 353 g/mol. The summed E-state index contributed by atoms with van der Waals surface area (Å²) in [6.07, 6.45) is -1.32. The van der Waals surface area contributed by atoms with Gasteiger partial charge < -0.3 is 29.7 Å². The Hall–Kier alpha value is -3.48. The number of carboxylic acid groups (broad SMARTS) is 3. The molecule has 0 aliphatic heterocycles. The third-order valence-corrected chi connectivity index (χ3v) is 3.55. The van der Waals surface area contributed by atoms with Crippen molar-refractivity contribution in [3.63, 3.8) is 0 Å². The van der Waals surface area contributed by atoms with Crippen molar-refractivity contribution in [3.8, 4) is 0 Å². The van der Waals surface area contributed by atoms with Crippen molar-refractivity contribution < 1.29 is 34.5 Å². The van der Waals surface area contributed by atoms with Crippen molar-refractivity contribution in [1.29, 1.82) is 0 Å². The summed E-state index contributed by atoms with van der Waals surface area (Å²) in [4.78, 5) is 45.0. The van der Waals surface area contributed by atoms with E-state index in [1.54, 1.807) is 0 Å². The molecule has 0 saturated carbocycles. The van der Waals surface area contributed by atoms with E-state index in [0.717, 1.165) is 0 Å². The van der Waals surface area contributed by atoms with Gasteiger partial charge >= 0.3 is 0 Å². The summed E-state index contributed by atoms with van der Waals surface area (Å²) in [6, 6.07) is 9.94. The van der Waals surface area contributed by atoms with E-state index in [0.29, 0.717) is 5.56 Å². The molecule has 2 aromatic carbocycles. The lowest BCUT2D eigenvalue weighted by Gasteiger charge is -2.11. The predicted molar refractivity (Wildman–Crippen MR) is 82.4 cm³/mol. The molecule has 0 aliphatic rings. The molecule has 0 heterocycles. The van der Waals surface area contributed by atoms with Crippen LogP contribution in [0.3, 0.4) is 0 Å². The van der Waals surface area contributed by atoms with Gasteiger partial charge in [-0.25, -0.2) is 0 Å². The van der Waals surface area contributed by atoms with E-state index in [-0.39, 0.29) is 28.7 Å². The zero-order valence-electron chi connectivity index (χ0n) is 13.5. The molecule has 0 fully saturated rings. The summed E-state index contributed by atoms with van der Waals surface area (Å²) < 4.78 is 0. The molecule has 7 heteroatoms. The van der Waals surface area contributed by atoms with Crippen LogP contribution < -0.4 is 15.3 Å². The number of carbonyl (C=O) groups is 4. The molecular weight excluding hydrogens is 340 g/mol. The van der Waals surface area contributed by atoms with Crippen molar-refractivity contribution in [1.82, 2.24) is 0 Å². The molecule has 26 heavy (non-hydrogen) atoms. The molecule has 0 radical (unpaired) electrons. The Morgan fingerprint density at radius 2 is 1.08 bits per heavy atom. The number of carbonyl (C=O) groups excluding carboxylic acids is 4. The molecule has 0 spiro atoms. The molecule has 0 N–H and O–H groups in total. The number of ketones is 1. The van der Waals surface area contributed by atoms with Gasteiger partial charge in [0.2, 0.25) is 0 Å². The first-order chi connectivity index (χ1) is 12.2. The number of benzene rings is 2. The van der Waals surface area contributed by atoms with Crippen molar-refractivity contribution in [3.05, 3.63) is 70.3 Å². The van der Waals surface area contributed by atoms with Gasteiger partial charge in [-0.05, 0) is 34.9 Å². The van der Waals surface area contributed by atoms with E-state index in [4.69, 9.17) is 0 Å². The van der Waals surface area contributed by atoms with Crippen LogP contribution in [0, 0.1) is 0 Å². The summed E-state index contributed by atoms with van der Waals surface area (Å²) in [5.41, 5.74) is 1.09. The van der Waals surface area contributed by atoms with Crippen LogP contribution >= 0.6 is 0 Å². The highest BCUT2D eigenvalue weighted by molar-refractivity contribution is 6.09. The van der Waals surface area contributed by atoms with Crippen LogP contribution in [0.15, 0.2) is 42.5 Å². The van der Waals surface area contributed by atoms with Gasteiger partial charge in [0.15, 0.2) is 5.78 Å². The van der Waals surface area contributed by atoms with Crippen LogP contribution in [0.1, 0.15) is 32.6 Å². The number of aliphatic carboxylic acids is 3. The fraction of sp³-hybridized carbons (Fsp3) is 0.158. The maximum absolute atomic E-state index is 12.7. The molecule has 0 unspecified atom stereocenters. The second kappa shape index (κ2) is 8.06. The third-order valence-electron chi connectivity index (χ3n) is 3.55. The second-order valence-corrected chi connectivity index (χ2v) is 5.71. The highest BCUT2D eigenvalue weighted by Crippen LogP contribution is 2.17. The van der Waals surface area contributed by atoms with Crippen molar-refractivity contribution in [2.75, 3.05) is 0 Å². The number of carboxylic acids is 3. The van der Waals surface area contributed by atoms with E-state index < -0.39 is 36.5 Å². The number of hydrogen-bond donors (Lipinski definition) is 0. The average molecular weight is 353 g/mol. The lowest BCUT2D eigenvalue weighted by atomic mass is 9.95. The van der Waals surface area contributed by atoms with Crippen molar-refractivity contribution >= 4 is 23.7 Å². The van der Waals surface area contributed by atoms with Crippen LogP contribution in [0.5, 0.6) is 0 Å². The van der Waals surface area contributed by atoms with Crippen LogP contribution in [-0.2, 0) is 33.6 Å². The minimum Gasteiger partial charge on any atom is -0.550 e. The minimum atomic E-state index is -1.37. The standard InChI is InChI=1S/C19H16O7/c20-16(21)8-11-2-1-3-14(5-11)19(26)15-6-12(9-17(22)23)4-13(7-15)10-18(24)25/h1-7H,8-10H2,(H,20,21)(H,22,23)(H,24,25)/p-3. The van der Waals surface area contributed by atoms with Gasteiger partial charge in [0.05, 0.1) is 0 Å². The highest BCUT2D eigenvalue weighted by Gasteiger charge is 2.13. The van der Waals surface area contributed by atoms with Gasteiger partial charge in [0, 0.05) is 48.3 Å². The zero-order chi connectivity index (χ0) is 19.3. The molecule has 2 aromatic rings. The average Bonchev–Trinajstić information content (AvgIpc) is 2.52. The Labute approximate surface area is 148 Å². The smallest absolute Gasteiger partial charge is 0.193 e. The SMILES string of the molecule is O=C([O-])Cc1cccc(C(=O)c2cc(CC(=O)[O-])cc(CC(=O)[O-])c2)c1. The van der Waals surface area contributed by atoms with Crippen molar-refractivity contribution in [2.45, 2.75) is 19.3 Å². The minimum absolute atomic E-state index is 0.0885. The van der Waals surface area contributed by atoms with E-state index in [9.17, 15) is 34.5 Å². The summed E-state index contributed by atoms with van der Waals surface area (Å²) in [5.74, 6) is -4.53. The lowest BCUT2D eigenvalue weighted by molar-refractivity contribution is -0.306. The normalized spacial score (nSPS) is 10.3. The largest absolute Gasteiger partial charge is 0.550 e. The van der Waals surface area contributed by atoms with Gasteiger partial charge in [-0.1, -0.05) is 24.3 Å². The van der Waals surface area contributed by atoms with Crippen LogP contribution in [0.2, 0.25) is 0 Å². The Morgan fingerprint density at radius 3 is 1.58 bits per heavy atom. The molecule has 0 saturated heterocycles. The molecule has 0 atom stereocenters. The third kappa shape index (κ3) is 5.27. The van der Waals surface area contributed by atoms with E-state index in [1.807, 2.05) is 0 Å². The highest BCUT2D eigenvalue weighted by atomic mass is 16.4. The van der Waals surface area contributed by atoms with Gasteiger partial charge in [0.25, 0.3) is 0 Å². The Morgan fingerprint density at radius 1 is 0.615 bits per heavy atom. The summed E-state index contributed by atoms with van der Waals surface area (Å²) in [5, 5.41) is 32.3. The maximum atomic E-state index is 12.7. The van der Waals surface area contributed by atoms with Gasteiger partial charge in [-0.2, -0.15) is 0 Å². The van der Waals surface area contributed by atoms with Crippen molar-refractivity contribution in [2.24, 2.45) is 0 Å². The molecular formula is C19H13O7-3. The molecule has 2 rings (SSSR count). The zero-order valence-corrected chi connectivity index (χ0v) is 13.5. The molecule has 7 nitrogen and oxygen atoms in total. The second-order valence-electron chi connectivity index (χ2n) is 5.71. The molecule has 0 bridgehead atoms. The first-order valence-electron chi connectivity index (χ1n) is 7.60. The Bertz CT molecular complexity index is 849. The predicted octanol–water partition coefficient (Wildman–Crippen LogP) is -2.21. The lowest BCUT2D eigenvalue weighted by Crippen LogP contribution is -2.26.